The van der Waals surface area contributed by atoms with Gasteiger partial charge < -0.3 is 14.6 Å². The fourth-order valence-corrected chi connectivity index (χ4v) is 4.77. The molecule has 3 heterocycles. The second-order valence-electron chi connectivity index (χ2n) is 6.74. The van der Waals surface area contributed by atoms with E-state index in [1.807, 2.05) is 28.6 Å². The van der Waals surface area contributed by atoms with Crippen LogP contribution >= 0.6 is 27.3 Å². The van der Waals surface area contributed by atoms with Gasteiger partial charge in [0.15, 0.2) is 0 Å². The highest BCUT2D eigenvalue weighted by atomic mass is 79.9. The van der Waals surface area contributed by atoms with Gasteiger partial charge in [0.2, 0.25) is 6.23 Å². The number of nitrogens with zero attached hydrogens (tertiary/aromatic N) is 2. The Kier molecular flexibility index (Phi) is 4.29. The number of thiophene rings is 1. The maximum atomic E-state index is 10.4. The number of hydrogen-bond donors (Lipinski definition) is 1. The van der Waals surface area contributed by atoms with Crippen LogP contribution in [0.4, 0.5) is 0 Å². The summed E-state index contributed by atoms with van der Waals surface area (Å²) in [6, 6.07) is 13.4. The number of methoxy groups -OCH3 is 1. The third kappa shape index (κ3) is 2.86. The number of fused-ring (bicyclic) bond motifs is 3. The van der Waals surface area contributed by atoms with Gasteiger partial charge in [0.05, 0.1) is 18.9 Å². The van der Waals surface area contributed by atoms with Gasteiger partial charge in [-0.05, 0) is 53.2 Å². The molecule has 2 aliphatic heterocycles. The zero-order chi connectivity index (χ0) is 19.3. The lowest BCUT2D eigenvalue weighted by Crippen LogP contribution is -2.33. The third-order valence-corrected chi connectivity index (χ3v) is 6.29. The zero-order valence-corrected chi connectivity index (χ0v) is 17.4. The average Bonchev–Trinajstić information content (AvgIpc) is 3.38. The van der Waals surface area contributed by atoms with Crippen LogP contribution in [0.3, 0.4) is 0 Å². The van der Waals surface area contributed by atoms with Gasteiger partial charge in [-0.15, -0.1) is 0 Å². The number of hydrogen-bond acceptors (Lipinski definition) is 6. The van der Waals surface area contributed by atoms with Gasteiger partial charge in [0.1, 0.15) is 17.2 Å². The number of benzene rings is 2. The highest BCUT2D eigenvalue weighted by molar-refractivity contribution is 9.10. The molecule has 0 fully saturated rings. The Bertz CT molecular complexity index is 1070. The largest absolute Gasteiger partial charge is 0.507 e. The van der Waals surface area contributed by atoms with Crippen LogP contribution in [0, 0.1) is 0 Å². The molecule has 1 aromatic heterocycles. The van der Waals surface area contributed by atoms with Crippen molar-refractivity contribution in [1.82, 2.24) is 5.01 Å². The van der Waals surface area contributed by atoms with Gasteiger partial charge in [0.25, 0.3) is 0 Å². The molecule has 5 nitrogen and oxygen atoms in total. The fourth-order valence-electron chi connectivity index (χ4n) is 3.73. The number of hydrazone groups is 1. The van der Waals surface area contributed by atoms with Crippen molar-refractivity contribution in [2.24, 2.45) is 5.10 Å². The minimum atomic E-state index is -0.296. The molecule has 7 heteroatoms. The number of ether oxygens (including phenoxy) is 2. The first kappa shape index (κ1) is 17.6. The van der Waals surface area contributed by atoms with E-state index < -0.39 is 0 Å². The second-order valence-corrected chi connectivity index (χ2v) is 8.43. The fraction of sp³-hybridized carbons (Fsp3) is 0.190. The predicted octanol–water partition coefficient (Wildman–Crippen LogP) is 5.47. The average molecular weight is 457 g/mol. The van der Waals surface area contributed by atoms with Gasteiger partial charge in [-0.3, -0.25) is 0 Å². The van der Waals surface area contributed by atoms with Crippen molar-refractivity contribution in [3.05, 3.63) is 74.4 Å². The Morgan fingerprint density at radius 3 is 2.93 bits per heavy atom. The molecular weight excluding hydrogens is 440 g/mol. The maximum Gasteiger partial charge on any atom is 0.214 e. The van der Waals surface area contributed by atoms with Crippen molar-refractivity contribution in [3.8, 4) is 17.2 Å². The number of phenolic OH excluding ortho intramolecular Hbond substituents is 1. The minimum absolute atomic E-state index is 0.0340. The van der Waals surface area contributed by atoms with E-state index in [9.17, 15) is 5.11 Å². The smallest absolute Gasteiger partial charge is 0.214 e. The molecule has 2 aliphatic rings. The molecule has 0 bridgehead atoms. The summed E-state index contributed by atoms with van der Waals surface area (Å²) in [6.07, 6.45) is 0.379. The van der Waals surface area contributed by atoms with Gasteiger partial charge in [-0.1, -0.05) is 15.9 Å². The zero-order valence-electron chi connectivity index (χ0n) is 15.0. The first-order chi connectivity index (χ1) is 13.6. The monoisotopic (exact) mass is 456 g/mol. The molecule has 0 amide bonds. The first-order valence-electron chi connectivity index (χ1n) is 8.85. The molecule has 1 N–H and O–H groups in total. The van der Waals surface area contributed by atoms with Crippen LogP contribution in [0.1, 0.15) is 35.4 Å². The number of phenols is 1. The lowest BCUT2D eigenvalue weighted by atomic mass is 9.95. The Morgan fingerprint density at radius 2 is 2.14 bits per heavy atom. The van der Waals surface area contributed by atoms with Gasteiger partial charge in [-0.25, -0.2) is 5.01 Å². The Morgan fingerprint density at radius 1 is 1.25 bits per heavy atom. The van der Waals surface area contributed by atoms with Crippen molar-refractivity contribution in [2.75, 3.05) is 7.11 Å². The van der Waals surface area contributed by atoms with Crippen LogP contribution in [-0.2, 0) is 0 Å². The molecule has 2 atom stereocenters. The highest BCUT2D eigenvalue weighted by Gasteiger charge is 2.41. The summed E-state index contributed by atoms with van der Waals surface area (Å²) < 4.78 is 12.7. The van der Waals surface area contributed by atoms with E-state index in [0.717, 1.165) is 27.1 Å². The first-order valence-corrected chi connectivity index (χ1v) is 10.6. The van der Waals surface area contributed by atoms with Crippen LogP contribution in [0.25, 0.3) is 0 Å². The molecule has 5 rings (SSSR count). The molecule has 2 aromatic carbocycles. The standard InChI is InChI=1S/C21H17BrN2O3S/c1-26-14-3-4-19(25)15(9-14)17-10-18-16-8-13(22)2-5-20(16)27-21(24(18)23-17)12-6-7-28-11-12/h2-9,11,18,21,25H,10H2,1H3. The summed E-state index contributed by atoms with van der Waals surface area (Å²) in [6.45, 7) is 0. The highest BCUT2D eigenvalue weighted by Crippen LogP contribution is 2.49. The van der Waals surface area contributed by atoms with Crippen molar-refractivity contribution in [2.45, 2.75) is 18.7 Å². The number of aromatic hydroxyl groups is 1. The van der Waals surface area contributed by atoms with E-state index in [2.05, 4.69) is 33.4 Å². The Hall–Kier alpha value is -2.51. The van der Waals surface area contributed by atoms with Crippen molar-refractivity contribution < 1.29 is 14.6 Å². The van der Waals surface area contributed by atoms with Crippen LogP contribution in [-0.4, -0.2) is 22.9 Å². The molecule has 0 spiro atoms. The topological polar surface area (TPSA) is 54.3 Å². The molecule has 142 valence electrons. The minimum Gasteiger partial charge on any atom is -0.507 e. The second kappa shape index (κ2) is 6.83. The third-order valence-electron chi connectivity index (χ3n) is 5.09. The van der Waals surface area contributed by atoms with E-state index >= 15 is 0 Å². The normalized spacial score (nSPS) is 20.2. The maximum absolute atomic E-state index is 10.4. The summed E-state index contributed by atoms with van der Waals surface area (Å²) >= 11 is 5.20. The molecular formula is C21H17BrN2O3S. The van der Waals surface area contributed by atoms with Crippen LogP contribution in [0.15, 0.2) is 62.8 Å². The van der Waals surface area contributed by atoms with E-state index in [0.29, 0.717) is 17.7 Å². The summed E-state index contributed by atoms with van der Waals surface area (Å²) in [7, 11) is 1.62. The Labute approximate surface area is 175 Å². The quantitative estimate of drug-likeness (QED) is 0.567. The van der Waals surface area contributed by atoms with E-state index in [1.54, 1.807) is 30.6 Å². The summed E-state index contributed by atoms with van der Waals surface area (Å²) in [4.78, 5) is 0. The van der Waals surface area contributed by atoms with Crippen LogP contribution in [0.2, 0.25) is 0 Å². The van der Waals surface area contributed by atoms with Crippen molar-refractivity contribution in [3.63, 3.8) is 0 Å². The number of rotatable bonds is 3. The van der Waals surface area contributed by atoms with E-state index in [-0.39, 0.29) is 18.0 Å². The molecule has 2 unspecified atom stereocenters. The van der Waals surface area contributed by atoms with E-state index in [4.69, 9.17) is 14.6 Å². The van der Waals surface area contributed by atoms with Crippen molar-refractivity contribution in [1.29, 1.82) is 0 Å². The van der Waals surface area contributed by atoms with E-state index in [1.165, 1.54) is 0 Å². The SMILES string of the molecule is COc1ccc(O)c(C2=NN3C(C2)c2cc(Br)ccc2OC3c2ccsc2)c1. The summed E-state index contributed by atoms with van der Waals surface area (Å²) in [5, 5.41) is 21.4. The number of halogens is 1. The van der Waals surface area contributed by atoms with Gasteiger partial charge in [-0.2, -0.15) is 16.4 Å². The molecule has 28 heavy (non-hydrogen) atoms. The molecule has 0 saturated heterocycles. The predicted molar refractivity (Wildman–Crippen MR) is 112 cm³/mol. The lowest BCUT2D eigenvalue weighted by molar-refractivity contribution is -0.0188. The summed E-state index contributed by atoms with van der Waals surface area (Å²) in [5.41, 5.74) is 3.66. The Balaban J connectivity index is 1.61. The molecule has 3 aromatic rings. The van der Waals surface area contributed by atoms with Crippen LogP contribution in [0.5, 0.6) is 17.2 Å². The van der Waals surface area contributed by atoms with Gasteiger partial charge >= 0.3 is 0 Å². The lowest BCUT2D eigenvalue weighted by Gasteiger charge is -2.37. The summed E-state index contributed by atoms with van der Waals surface area (Å²) in [5.74, 6) is 1.75. The molecule has 0 saturated carbocycles. The molecule has 0 aliphatic carbocycles. The van der Waals surface area contributed by atoms with Crippen LogP contribution < -0.4 is 9.47 Å². The van der Waals surface area contributed by atoms with Gasteiger partial charge in [0, 0.05) is 27.6 Å². The molecule has 0 radical (unpaired) electrons. The van der Waals surface area contributed by atoms with Crippen molar-refractivity contribution >= 4 is 33.0 Å².